The third-order valence-corrected chi connectivity index (χ3v) is 5.65. The standard InChI is InChI=1S/C22H20ClN5O/c23-20-18(14-6-8-17(9-7-14)29-16-4-2-1-3-5-16)19-21(24)26-13-27-22(19)28(20)15-10-11-25-12-15/h1-9,13,15,25H,10-12H2,(H2,24,26,27)/t15-/m1/s1. The number of para-hydroxylation sites is 1. The quantitative estimate of drug-likeness (QED) is 0.516. The zero-order valence-corrected chi connectivity index (χ0v) is 16.4. The van der Waals surface area contributed by atoms with E-state index in [2.05, 4.69) is 19.9 Å². The molecular formula is C22H20ClN5O. The highest BCUT2D eigenvalue weighted by atomic mass is 35.5. The first-order valence-electron chi connectivity index (χ1n) is 9.56. The Morgan fingerprint density at radius 1 is 1.03 bits per heavy atom. The Bertz CT molecular complexity index is 1150. The van der Waals surface area contributed by atoms with E-state index in [4.69, 9.17) is 22.1 Å². The summed E-state index contributed by atoms with van der Waals surface area (Å²) in [4.78, 5) is 8.70. The molecule has 7 heteroatoms. The van der Waals surface area contributed by atoms with E-state index in [1.165, 1.54) is 6.33 Å². The fraction of sp³-hybridized carbons (Fsp3) is 0.182. The lowest BCUT2D eigenvalue weighted by Crippen LogP contribution is -2.13. The molecular weight excluding hydrogens is 386 g/mol. The minimum absolute atomic E-state index is 0.244. The smallest absolute Gasteiger partial charge is 0.147 e. The van der Waals surface area contributed by atoms with Gasteiger partial charge in [-0.15, -0.1) is 0 Å². The molecule has 1 atom stereocenters. The SMILES string of the molecule is Nc1ncnc2c1c(-c1ccc(Oc3ccccc3)cc1)c(Cl)n2[C@@H]1CCNC1. The van der Waals surface area contributed by atoms with Gasteiger partial charge in [0, 0.05) is 12.1 Å². The van der Waals surface area contributed by atoms with Gasteiger partial charge in [0.05, 0.1) is 11.4 Å². The number of hydrogen-bond donors (Lipinski definition) is 2. The number of rotatable bonds is 4. The number of nitrogens with two attached hydrogens (primary N) is 1. The zero-order chi connectivity index (χ0) is 19.8. The van der Waals surface area contributed by atoms with Crippen molar-refractivity contribution in [2.24, 2.45) is 0 Å². The average Bonchev–Trinajstić information content (AvgIpc) is 3.36. The predicted octanol–water partition coefficient (Wildman–Crippen LogP) is 4.66. The summed E-state index contributed by atoms with van der Waals surface area (Å²) in [6.07, 6.45) is 2.49. The molecule has 29 heavy (non-hydrogen) atoms. The summed E-state index contributed by atoms with van der Waals surface area (Å²) in [5.74, 6) is 1.98. The second-order valence-electron chi connectivity index (χ2n) is 7.08. The van der Waals surface area contributed by atoms with E-state index in [1.807, 2.05) is 54.6 Å². The van der Waals surface area contributed by atoms with Gasteiger partial charge in [-0.3, -0.25) is 0 Å². The Morgan fingerprint density at radius 2 is 1.79 bits per heavy atom. The van der Waals surface area contributed by atoms with E-state index in [-0.39, 0.29) is 6.04 Å². The maximum Gasteiger partial charge on any atom is 0.147 e. The molecule has 146 valence electrons. The molecule has 0 unspecified atom stereocenters. The first-order valence-corrected chi connectivity index (χ1v) is 9.94. The van der Waals surface area contributed by atoms with Crippen LogP contribution in [-0.4, -0.2) is 27.6 Å². The number of aromatic nitrogens is 3. The molecule has 1 fully saturated rings. The highest BCUT2D eigenvalue weighted by molar-refractivity contribution is 6.35. The maximum absolute atomic E-state index is 6.89. The van der Waals surface area contributed by atoms with Gasteiger partial charge >= 0.3 is 0 Å². The van der Waals surface area contributed by atoms with Crippen molar-refractivity contribution < 1.29 is 4.74 Å². The summed E-state index contributed by atoms with van der Waals surface area (Å²) in [7, 11) is 0. The van der Waals surface area contributed by atoms with Crippen LogP contribution in [0.1, 0.15) is 12.5 Å². The number of nitrogen functional groups attached to an aromatic ring is 1. The normalized spacial score (nSPS) is 16.4. The fourth-order valence-corrected chi connectivity index (χ4v) is 4.32. The van der Waals surface area contributed by atoms with E-state index in [0.717, 1.165) is 53.2 Å². The number of hydrogen-bond acceptors (Lipinski definition) is 5. The molecule has 3 N–H and O–H groups in total. The van der Waals surface area contributed by atoms with Crippen molar-refractivity contribution in [1.29, 1.82) is 0 Å². The summed E-state index contributed by atoms with van der Waals surface area (Å²) in [6.45, 7) is 1.82. The fourth-order valence-electron chi connectivity index (χ4n) is 3.90. The average molecular weight is 406 g/mol. The van der Waals surface area contributed by atoms with Crippen LogP contribution in [0.5, 0.6) is 11.5 Å². The molecule has 2 aromatic carbocycles. The van der Waals surface area contributed by atoms with Crippen LogP contribution < -0.4 is 15.8 Å². The van der Waals surface area contributed by atoms with Gasteiger partial charge in [0.25, 0.3) is 0 Å². The predicted molar refractivity (Wildman–Crippen MR) is 115 cm³/mol. The van der Waals surface area contributed by atoms with Gasteiger partial charge < -0.3 is 20.4 Å². The van der Waals surface area contributed by atoms with Crippen LogP contribution in [0.25, 0.3) is 22.2 Å². The third-order valence-electron chi connectivity index (χ3n) is 5.27. The van der Waals surface area contributed by atoms with E-state index < -0.39 is 0 Å². The van der Waals surface area contributed by atoms with E-state index >= 15 is 0 Å². The van der Waals surface area contributed by atoms with E-state index in [0.29, 0.717) is 11.0 Å². The van der Waals surface area contributed by atoms with Crippen molar-refractivity contribution in [2.75, 3.05) is 18.8 Å². The number of fused-ring (bicyclic) bond motifs is 1. The Hall–Kier alpha value is -3.09. The summed E-state index contributed by atoms with van der Waals surface area (Å²) in [5, 5.41) is 4.82. The molecule has 1 aliphatic heterocycles. The Morgan fingerprint density at radius 3 is 2.52 bits per heavy atom. The van der Waals surface area contributed by atoms with Crippen molar-refractivity contribution in [3.05, 3.63) is 66.1 Å². The van der Waals surface area contributed by atoms with Crippen LogP contribution in [0.2, 0.25) is 5.15 Å². The molecule has 0 amide bonds. The van der Waals surface area contributed by atoms with Gasteiger partial charge in [-0.2, -0.15) is 0 Å². The molecule has 0 saturated carbocycles. The van der Waals surface area contributed by atoms with Crippen LogP contribution in [0.3, 0.4) is 0 Å². The maximum atomic E-state index is 6.89. The molecule has 5 rings (SSSR count). The van der Waals surface area contributed by atoms with Gasteiger partial charge in [0.1, 0.15) is 34.4 Å². The summed E-state index contributed by atoms with van der Waals surface area (Å²) >= 11 is 6.89. The third kappa shape index (κ3) is 3.20. The molecule has 0 radical (unpaired) electrons. The molecule has 0 aliphatic carbocycles. The van der Waals surface area contributed by atoms with Gasteiger partial charge in [0.15, 0.2) is 0 Å². The Kier molecular flexibility index (Phi) is 4.58. The van der Waals surface area contributed by atoms with Gasteiger partial charge in [-0.05, 0) is 42.8 Å². The summed E-state index contributed by atoms with van der Waals surface area (Å²) < 4.78 is 7.98. The first-order chi connectivity index (χ1) is 14.2. The number of anilines is 1. The van der Waals surface area contributed by atoms with Gasteiger partial charge in [-0.25, -0.2) is 9.97 Å². The lowest BCUT2D eigenvalue weighted by atomic mass is 10.1. The van der Waals surface area contributed by atoms with Gasteiger partial charge in [0.2, 0.25) is 0 Å². The number of nitrogens with one attached hydrogen (secondary N) is 1. The van der Waals surface area contributed by atoms with Crippen molar-refractivity contribution in [1.82, 2.24) is 19.9 Å². The molecule has 4 aromatic rings. The zero-order valence-electron chi connectivity index (χ0n) is 15.7. The Balaban J connectivity index is 1.59. The molecule has 1 saturated heterocycles. The van der Waals surface area contributed by atoms with Gasteiger partial charge in [-0.1, -0.05) is 41.9 Å². The summed E-state index contributed by atoms with van der Waals surface area (Å²) in [6, 6.07) is 17.8. The van der Waals surface area contributed by atoms with Crippen LogP contribution >= 0.6 is 11.6 Å². The number of halogens is 1. The van der Waals surface area contributed by atoms with Crippen molar-refractivity contribution in [2.45, 2.75) is 12.5 Å². The lowest BCUT2D eigenvalue weighted by molar-refractivity contribution is 0.483. The lowest BCUT2D eigenvalue weighted by Gasteiger charge is -2.13. The summed E-state index contributed by atoms with van der Waals surface area (Å²) in [5.41, 5.74) is 8.83. The minimum atomic E-state index is 0.244. The first kappa shape index (κ1) is 18.0. The van der Waals surface area contributed by atoms with Crippen LogP contribution in [-0.2, 0) is 0 Å². The van der Waals surface area contributed by atoms with Crippen molar-refractivity contribution in [3.63, 3.8) is 0 Å². The number of nitrogens with zero attached hydrogens (tertiary/aromatic N) is 3. The highest BCUT2D eigenvalue weighted by Crippen LogP contribution is 2.42. The largest absolute Gasteiger partial charge is 0.457 e. The molecule has 1 aliphatic rings. The van der Waals surface area contributed by atoms with Crippen LogP contribution in [0, 0.1) is 0 Å². The second kappa shape index (κ2) is 7.39. The molecule has 6 nitrogen and oxygen atoms in total. The van der Waals surface area contributed by atoms with Crippen LogP contribution in [0.4, 0.5) is 5.82 Å². The number of ether oxygens (including phenoxy) is 1. The van der Waals surface area contributed by atoms with Crippen LogP contribution in [0.15, 0.2) is 60.9 Å². The Labute approximate surface area is 173 Å². The second-order valence-corrected chi connectivity index (χ2v) is 7.44. The molecule has 0 bridgehead atoms. The number of benzene rings is 2. The molecule has 2 aromatic heterocycles. The van der Waals surface area contributed by atoms with E-state index in [1.54, 1.807) is 0 Å². The van der Waals surface area contributed by atoms with Crippen molar-refractivity contribution in [3.8, 4) is 22.6 Å². The molecule has 3 heterocycles. The molecule has 0 spiro atoms. The monoisotopic (exact) mass is 405 g/mol. The van der Waals surface area contributed by atoms with E-state index in [9.17, 15) is 0 Å². The van der Waals surface area contributed by atoms with Crippen molar-refractivity contribution >= 4 is 28.5 Å². The highest BCUT2D eigenvalue weighted by Gasteiger charge is 2.27. The minimum Gasteiger partial charge on any atom is -0.457 e. The topological polar surface area (TPSA) is 78.0 Å².